The van der Waals surface area contributed by atoms with E-state index in [0.717, 1.165) is 39.1 Å². The quantitative estimate of drug-likeness (QED) is 0.780. The van der Waals surface area contributed by atoms with Crippen LogP contribution in [-0.4, -0.2) is 42.8 Å². The van der Waals surface area contributed by atoms with E-state index in [0.29, 0.717) is 5.92 Å². The van der Waals surface area contributed by atoms with E-state index in [9.17, 15) is 0 Å². The average molecular weight is 228 g/mol. The molecule has 1 aliphatic heterocycles. The van der Waals surface area contributed by atoms with Crippen molar-refractivity contribution in [2.45, 2.75) is 52.1 Å². The number of nitrogens with zero attached hydrogens (tertiary/aromatic N) is 1. The molecule has 1 unspecified atom stereocenters. The van der Waals surface area contributed by atoms with Crippen LogP contribution in [0.25, 0.3) is 0 Å². The van der Waals surface area contributed by atoms with Gasteiger partial charge in [-0.15, -0.1) is 0 Å². The van der Waals surface area contributed by atoms with E-state index in [-0.39, 0.29) is 11.6 Å². The van der Waals surface area contributed by atoms with Crippen LogP contribution in [0.2, 0.25) is 0 Å². The first-order valence-electron chi connectivity index (χ1n) is 6.62. The molecule has 1 rings (SSSR count). The van der Waals surface area contributed by atoms with Gasteiger partial charge in [0.2, 0.25) is 0 Å². The molecule has 0 aromatic rings. The summed E-state index contributed by atoms with van der Waals surface area (Å²) < 4.78 is 5.41. The zero-order valence-corrected chi connectivity index (χ0v) is 11.3. The van der Waals surface area contributed by atoms with Gasteiger partial charge in [-0.2, -0.15) is 0 Å². The normalized spacial score (nSPS) is 21.4. The third-order valence-electron chi connectivity index (χ3n) is 4.17. The molecule has 3 heteroatoms. The second-order valence-corrected chi connectivity index (χ2v) is 5.30. The Bertz CT molecular complexity index is 196. The van der Waals surface area contributed by atoms with Crippen LogP contribution in [0, 0.1) is 5.92 Å². The summed E-state index contributed by atoms with van der Waals surface area (Å²) in [5.74, 6) is 0.615. The highest BCUT2D eigenvalue weighted by Crippen LogP contribution is 2.28. The van der Waals surface area contributed by atoms with Gasteiger partial charge >= 0.3 is 0 Å². The van der Waals surface area contributed by atoms with Crippen molar-refractivity contribution in [3.63, 3.8) is 0 Å². The van der Waals surface area contributed by atoms with E-state index in [1.807, 2.05) is 0 Å². The predicted octanol–water partition coefficient (Wildman–Crippen LogP) is 1.86. The first-order chi connectivity index (χ1) is 7.54. The van der Waals surface area contributed by atoms with Gasteiger partial charge in [0.1, 0.15) is 0 Å². The van der Waals surface area contributed by atoms with Crippen LogP contribution in [0.5, 0.6) is 0 Å². The van der Waals surface area contributed by atoms with Crippen molar-refractivity contribution < 1.29 is 4.74 Å². The second kappa shape index (κ2) is 5.99. The zero-order chi connectivity index (χ0) is 12.2. The summed E-state index contributed by atoms with van der Waals surface area (Å²) in [6, 6.07) is 0.247. The summed E-state index contributed by atoms with van der Waals surface area (Å²) in [6.45, 7) is 12.9. The Kier molecular flexibility index (Phi) is 5.22. The molecular weight excluding hydrogens is 200 g/mol. The SMILES string of the molecule is CCN(CC)C(C)(C)C(N)C1CCOCC1. The molecule has 1 aliphatic rings. The van der Waals surface area contributed by atoms with E-state index >= 15 is 0 Å². The molecule has 0 amide bonds. The highest BCUT2D eigenvalue weighted by Gasteiger charge is 2.36. The van der Waals surface area contributed by atoms with Crippen molar-refractivity contribution in [1.82, 2.24) is 4.90 Å². The molecular formula is C13H28N2O. The third kappa shape index (κ3) is 2.96. The molecule has 0 aliphatic carbocycles. The van der Waals surface area contributed by atoms with Crippen LogP contribution in [0.3, 0.4) is 0 Å². The minimum Gasteiger partial charge on any atom is -0.381 e. The van der Waals surface area contributed by atoms with Crippen LogP contribution in [0.4, 0.5) is 0 Å². The lowest BCUT2D eigenvalue weighted by Gasteiger charge is -2.45. The summed E-state index contributed by atoms with van der Waals surface area (Å²) in [4.78, 5) is 2.47. The van der Waals surface area contributed by atoms with Crippen molar-refractivity contribution in [1.29, 1.82) is 0 Å². The van der Waals surface area contributed by atoms with E-state index < -0.39 is 0 Å². The Hall–Kier alpha value is -0.120. The van der Waals surface area contributed by atoms with Crippen molar-refractivity contribution in [2.24, 2.45) is 11.7 Å². The van der Waals surface area contributed by atoms with Gasteiger partial charge in [-0.1, -0.05) is 13.8 Å². The van der Waals surface area contributed by atoms with Gasteiger partial charge in [0.05, 0.1) is 0 Å². The zero-order valence-electron chi connectivity index (χ0n) is 11.3. The first kappa shape index (κ1) is 13.9. The average Bonchev–Trinajstić information content (AvgIpc) is 2.30. The molecule has 0 aromatic heterocycles. The molecule has 1 saturated heterocycles. The fourth-order valence-electron chi connectivity index (χ4n) is 2.90. The summed E-state index contributed by atoms with van der Waals surface area (Å²) in [7, 11) is 0. The molecule has 1 fully saturated rings. The number of hydrogen-bond donors (Lipinski definition) is 1. The van der Waals surface area contributed by atoms with E-state index in [1.165, 1.54) is 0 Å². The van der Waals surface area contributed by atoms with Crippen LogP contribution in [0.15, 0.2) is 0 Å². The molecule has 0 aromatic carbocycles. The van der Waals surface area contributed by atoms with Crippen LogP contribution < -0.4 is 5.73 Å². The molecule has 0 spiro atoms. The van der Waals surface area contributed by atoms with Gasteiger partial charge in [-0.05, 0) is 45.7 Å². The maximum absolute atomic E-state index is 6.48. The molecule has 1 heterocycles. The summed E-state index contributed by atoms with van der Waals surface area (Å²) in [5.41, 5.74) is 6.57. The van der Waals surface area contributed by atoms with Gasteiger partial charge in [-0.3, -0.25) is 4.90 Å². The van der Waals surface area contributed by atoms with Crippen LogP contribution in [0.1, 0.15) is 40.5 Å². The van der Waals surface area contributed by atoms with Crippen molar-refractivity contribution in [3.8, 4) is 0 Å². The standard InChI is InChI=1S/C13H28N2O/c1-5-15(6-2)13(3,4)12(14)11-7-9-16-10-8-11/h11-12H,5-10,14H2,1-4H3. The van der Waals surface area contributed by atoms with Crippen LogP contribution in [-0.2, 0) is 4.74 Å². The highest BCUT2D eigenvalue weighted by atomic mass is 16.5. The largest absolute Gasteiger partial charge is 0.381 e. The van der Waals surface area contributed by atoms with Gasteiger partial charge in [0, 0.05) is 24.8 Å². The topological polar surface area (TPSA) is 38.5 Å². The van der Waals surface area contributed by atoms with Gasteiger partial charge in [0.15, 0.2) is 0 Å². The van der Waals surface area contributed by atoms with Gasteiger partial charge in [0.25, 0.3) is 0 Å². The number of hydrogen-bond acceptors (Lipinski definition) is 3. The van der Waals surface area contributed by atoms with Crippen LogP contribution >= 0.6 is 0 Å². The fraction of sp³-hybridized carbons (Fsp3) is 1.00. The Morgan fingerprint density at radius 2 is 1.75 bits per heavy atom. The molecule has 3 nitrogen and oxygen atoms in total. The summed E-state index contributed by atoms with van der Waals surface area (Å²) >= 11 is 0. The monoisotopic (exact) mass is 228 g/mol. The van der Waals surface area contributed by atoms with E-state index in [1.54, 1.807) is 0 Å². The van der Waals surface area contributed by atoms with E-state index in [2.05, 4.69) is 32.6 Å². The number of nitrogens with two attached hydrogens (primary N) is 1. The molecule has 2 N–H and O–H groups in total. The van der Waals surface area contributed by atoms with Gasteiger partial charge < -0.3 is 10.5 Å². The van der Waals surface area contributed by atoms with Crippen molar-refractivity contribution in [2.75, 3.05) is 26.3 Å². The van der Waals surface area contributed by atoms with E-state index in [4.69, 9.17) is 10.5 Å². The summed E-state index contributed by atoms with van der Waals surface area (Å²) in [5, 5.41) is 0. The molecule has 0 bridgehead atoms. The van der Waals surface area contributed by atoms with Crippen molar-refractivity contribution in [3.05, 3.63) is 0 Å². The Balaban J connectivity index is 2.64. The maximum atomic E-state index is 6.48. The molecule has 16 heavy (non-hydrogen) atoms. The lowest BCUT2D eigenvalue weighted by molar-refractivity contribution is 0.0201. The third-order valence-corrected chi connectivity index (χ3v) is 4.17. The predicted molar refractivity (Wildman–Crippen MR) is 68.5 cm³/mol. The lowest BCUT2D eigenvalue weighted by atomic mass is 9.80. The Labute approximate surface area is 100 Å². The Morgan fingerprint density at radius 1 is 1.25 bits per heavy atom. The highest BCUT2D eigenvalue weighted by molar-refractivity contribution is 4.95. The molecule has 1 atom stereocenters. The molecule has 0 saturated carbocycles. The smallest absolute Gasteiger partial charge is 0.0469 e. The van der Waals surface area contributed by atoms with Gasteiger partial charge in [-0.25, -0.2) is 0 Å². The lowest BCUT2D eigenvalue weighted by Crippen LogP contribution is -2.59. The fourth-order valence-corrected chi connectivity index (χ4v) is 2.90. The molecule has 0 radical (unpaired) electrons. The van der Waals surface area contributed by atoms with Crippen molar-refractivity contribution >= 4 is 0 Å². The molecule has 96 valence electrons. The number of rotatable bonds is 5. The first-order valence-corrected chi connectivity index (χ1v) is 6.62. The summed E-state index contributed by atoms with van der Waals surface area (Å²) in [6.07, 6.45) is 2.23. The minimum atomic E-state index is 0.0888. The second-order valence-electron chi connectivity index (χ2n) is 5.30. The minimum absolute atomic E-state index is 0.0888. The maximum Gasteiger partial charge on any atom is 0.0469 e. The number of likely N-dealkylation sites (N-methyl/N-ethyl adjacent to an activating group) is 1. The number of ether oxygens (including phenoxy) is 1. The Morgan fingerprint density at radius 3 is 2.19 bits per heavy atom.